The van der Waals surface area contributed by atoms with Crippen molar-refractivity contribution < 1.29 is 0 Å². The molecule has 3 aliphatic rings. The van der Waals surface area contributed by atoms with Crippen molar-refractivity contribution in [3.63, 3.8) is 0 Å². The quantitative estimate of drug-likeness (QED) is 0.113. The Balaban J connectivity index is 0.641. The van der Waals surface area contributed by atoms with Gasteiger partial charge in [-0.1, -0.05) is 296 Å². The van der Waals surface area contributed by atoms with Crippen molar-refractivity contribution in [2.75, 3.05) is 9.80 Å². The van der Waals surface area contributed by atoms with E-state index in [1.165, 1.54) is 155 Å². The van der Waals surface area contributed by atoms with Crippen LogP contribution in [0.3, 0.4) is 0 Å². The lowest BCUT2D eigenvalue weighted by atomic mass is 9.73. The smallest absolute Gasteiger partial charge is 0.0540 e. The van der Waals surface area contributed by atoms with E-state index in [-0.39, 0.29) is 16.2 Å². The summed E-state index contributed by atoms with van der Waals surface area (Å²) in [5.41, 5.74) is 27.6. The molecule has 446 valence electrons. The molecule has 0 N–H and O–H groups in total. The monoisotopic (exact) mass is 1190 g/mol. The fourth-order valence-electron chi connectivity index (χ4n) is 16.5. The molecule has 0 fully saturated rings. The third-order valence-corrected chi connectivity index (χ3v) is 21.5. The van der Waals surface area contributed by atoms with Gasteiger partial charge < -0.3 is 9.80 Å². The predicted octanol–water partition coefficient (Wildman–Crippen LogP) is 25.3. The molecule has 2 heteroatoms. The van der Waals surface area contributed by atoms with Crippen LogP contribution in [0.25, 0.3) is 101 Å². The average Bonchev–Trinajstić information content (AvgIpc) is 1.61. The summed E-state index contributed by atoms with van der Waals surface area (Å²) >= 11 is 0. The summed E-state index contributed by atoms with van der Waals surface area (Å²) in [5, 5.41) is 9.82. The number of fused-ring (bicyclic) bond motifs is 13. The molecular formula is C91H72N2. The summed E-state index contributed by atoms with van der Waals surface area (Å²) in [7, 11) is 0. The third-order valence-electron chi connectivity index (χ3n) is 21.5. The summed E-state index contributed by atoms with van der Waals surface area (Å²) < 4.78 is 0. The minimum absolute atomic E-state index is 0.0869. The molecule has 2 nitrogen and oxygen atoms in total. The summed E-state index contributed by atoms with van der Waals surface area (Å²) in [6.45, 7) is 14.4. The first-order valence-corrected chi connectivity index (χ1v) is 33.2. The zero-order chi connectivity index (χ0) is 62.7. The van der Waals surface area contributed by atoms with E-state index in [0.717, 1.165) is 24.2 Å². The first-order valence-electron chi connectivity index (χ1n) is 33.2. The fourth-order valence-corrected chi connectivity index (χ4v) is 16.5. The molecule has 14 aromatic rings. The van der Waals surface area contributed by atoms with E-state index in [9.17, 15) is 0 Å². The molecule has 0 amide bonds. The normalized spacial score (nSPS) is 14.4. The molecule has 0 spiro atoms. The first-order chi connectivity index (χ1) is 45.5. The minimum Gasteiger partial charge on any atom is -0.309 e. The lowest BCUT2D eigenvalue weighted by molar-refractivity contribution is 0.490. The van der Waals surface area contributed by atoms with Gasteiger partial charge in [-0.2, -0.15) is 0 Å². The summed E-state index contributed by atoms with van der Waals surface area (Å²) in [5.74, 6) is 0. The van der Waals surface area contributed by atoms with Crippen LogP contribution in [-0.2, 0) is 16.2 Å². The Morgan fingerprint density at radius 3 is 0.806 bits per heavy atom. The van der Waals surface area contributed by atoms with Gasteiger partial charge in [-0.3, -0.25) is 0 Å². The average molecular weight is 1190 g/mol. The summed E-state index contributed by atoms with van der Waals surface area (Å²) in [6.07, 6.45) is 11.4. The number of nitrogens with zero attached hydrogens (tertiary/aromatic N) is 2. The van der Waals surface area contributed by atoms with Gasteiger partial charge >= 0.3 is 0 Å². The molecule has 14 aromatic carbocycles. The van der Waals surface area contributed by atoms with E-state index in [0.29, 0.717) is 0 Å². The fraction of sp³-hybridized carbons (Fsp3) is 0.121. The maximum Gasteiger partial charge on any atom is 0.0540 e. The van der Waals surface area contributed by atoms with Gasteiger partial charge in [-0.05, 0) is 172 Å². The van der Waals surface area contributed by atoms with Crippen LogP contribution in [0.5, 0.6) is 0 Å². The number of benzene rings is 14. The van der Waals surface area contributed by atoms with E-state index >= 15 is 0 Å². The van der Waals surface area contributed by atoms with Gasteiger partial charge in [0.1, 0.15) is 0 Å². The molecule has 0 saturated carbocycles. The Kier molecular flexibility index (Phi) is 13.1. The van der Waals surface area contributed by atoms with Gasteiger partial charge in [0, 0.05) is 49.2 Å². The van der Waals surface area contributed by atoms with Gasteiger partial charge in [0.05, 0.1) is 22.7 Å². The molecular weight excluding hydrogens is 1120 g/mol. The van der Waals surface area contributed by atoms with E-state index in [1.54, 1.807) is 0 Å². The highest BCUT2D eigenvalue weighted by atomic mass is 15.2. The molecule has 0 aromatic heterocycles. The zero-order valence-electron chi connectivity index (χ0n) is 53.7. The Bertz CT molecular complexity index is 4940. The van der Waals surface area contributed by atoms with Crippen molar-refractivity contribution in [1.29, 1.82) is 0 Å². The Hall–Kier alpha value is -10.8. The van der Waals surface area contributed by atoms with E-state index in [2.05, 4.69) is 355 Å². The van der Waals surface area contributed by atoms with Gasteiger partial charge in [-0.25, -0.2) is 0 Å². The second-order valence-corrected chi connectivity index (χ2v) is 27.0. The van der Waals surface area contributed by atoms with Crippen molar-refractivity contribution in [1.82, 2.24) is 0 Å². The number of hydrogen-bond donors (Lipinski definition) is 0. The molecule has 0 saturated heterocycles. The van der Waals surface area contributed by atoms with E-state index in [1.807, 2.05) is 0 Å². The van der Waals surface area contributed by atoms with E-state index in [4.69, 9.17) is 0 Å². The van der Waals surface area contributed by atoms with Crippen molar-refractivity contribution in [2.45, 2.75) is 70.6 Å². The second-order valence-electron chi connectivity index (χ2n) is 27.0. The predicted molar refractivity (Wildman–Crippen MR) is 398 cm³/mol. The molecule has 0 bridgehead atoms. The number of rotatable bonds is 12. The zero-order valence-corrected chi connectivity index (χ0v) is 53.7. The van der Waals surface area contributed by atoms with Crippen molar-refractivity contribution >= 4 is 102 Å². The third kappa shape index (κ3) is 8.90. The van der Waals surface area contributed by atoms with Gasteiger partial charge in [0.25, 0.3) is 0 Å². The SMILES string of the molecule is CCC1(CC)c2cc(C=Cc3ccc4c(c3)C(C)(C)c3cc(N(c5cccc6ccccc56)c5cccc6ccccc56)ccc3-4)ccc2-c2ccc(C=Cc3ccc4c(c3)C(C)(C)c3cc(N(c5cccc6ccccc56)c5cccc6ccccc56)ccc3-4)cc21. The van der Waals surface area contributed by atoms with Crippen LogP contribution >= 0.6 is 0 Å². The van der Waals surface area contributed by atoms with Crippen LogP contribution in [0.2, 0.25) is 0 Å². The second kappa shape index (κ2) is 21.7. The Morgan fingerprint density at radius 2 is 0.505 bits per heavy atom. The molecule has 0 radical (unpaired) electrons. The molecule has 17 rings (SSSR count). The van der Waals surface area contributed by atoms with Crippen LogP contribution in [0, 0.1) is 0 Å². The molecule has 0 unspecified atom stereocenters. The Morgan fingerprint density at radius 1 is 0.258 bits per heavy atom. The number of anilines is 6. The molecule has 93 heavy (non-hydrogen) atoms. The maximum absolute atomic E-state index is 2.48. The largest absolute Gasteiger partial charge is 0.309 e. The van der Waals surface area contributed by atoms with Gasteiger partial charge in [0.2, 0.25) is 0 Å². The van der Waals surface area contributed by atoms with Crippen LogP contribution < -0.4 is 9.80 Å². The molecule has 0 aliphatic heterocycles. The maximum atomic E-state index is 2.48. The van der Waals surface area contributed by atoms with Crippen molar-refractivity contribution in [3.05, 3.63) is 335 Å². The minimum atomic E-state index is -0.220. The van der Waals surface area contributed by atoms with E-state index < -0.39 is 0 Å². The highest BCUT2D eigenvalue weighted by Gasteiger charge is 2.42. The van der Waals surface area contributed by atoms with Gasteiger partial charge in [0.15, 0.2) is 0 Å². The highest BCUT2D eigenvalue weighted by Crippen LogP contribution is 2.56. The summed E-state index contributed by atoms with van der Waals surface area (Å²) in [4.78, 5) is 4.96. The van der Waals surface area contributed by atoms with Crippen LogP contribution in [0.1, 0.15) is 110 Å². The van der Waals surface area contributed by atoms with Gasteiger partial charge in [-0.15, -0.1) is 0 Å². The van der Waals surface area contributed by atoms with Crippen molar-refractivity contribution in [2.24, 2.45) is 0 Å². The lowest BCUT2D eigenvalue weighted by Crippen LogP contribution is -2.23. The highest BCUT2D eigenvalue weighted by molar-refractivity contribution is 6.07. The lowest BCUT2D eigenvalue weighted by Gasteiger charge is -2.30. The summed E-state index contributed by atoms with van der Waals surface area (Å²) in [6, 6.07) is 105. The Labute approximate surface area is 546 Å². The molecule has 3 aliphatic carbocycles. The topological polar surface area (TPSA) is 6.48 Å². The van der Waals surface area contributed by atoms with Crippen molar-refractivity contribution in [3.8, 4) is 33.4 Å². The molecule has 0 heterocycles. The van der Waals surface area contributed by atoms with Crippen LogP contribution in [0.4, 0.5) is 34.1 Å². The standard InChI is InChI=1S/C91H72N2/c1-7-91(8-2)83-55-61(39-37-59-41-47-73-75-51-45-67(57-81(75)89(3,4)79(73)53-59)92(85-33-17-25-63-21-9-13-29-69(63)85)86-34-18-26-64-22-10-14-30-70(64)86)43-49-77(83)78-50-44-62(56-84(78)91)40-38-60-42-48-74-76-52-46-68(58-82(76)90(5,6)80(74)54-60)93(87-35-19-27-65-23-11-15-31-71(65)87)88-36-20-28-66-24-12-16-32-72(66)88/h9-58H,7-8H2,1-6H3. The van der Waals surface area contributed by atoms with Crippen LogP contribution in [0.15, 0.2) is 279 Å². The number of hydrogen-bond acceptors (Lipinski definition) is 2. The molecule has 0 atom stereocenters. The first kappa shape index (κ1) is 56.2. The van der Waals surface area contributed by atoms with Crippen LogP contribution in [-0.4, -0.2) is 0 Å².